The van der Waals surface area contributed by atoms with Gasteiger partial charge in [0.1, 0.15) is 11.5 Å². The summed E-state index contributed by atoms with van der Waals surface area (Å²) in [4.78, 5) is 0. The van der Waals surface area contributed by atoms with Crippen LogP contribution < -0.4 is 0 Å². The van der Waals surface area contributed by atoms with Crippen LogP contribution in [0.3, 0.4) is 0 Å². The SMILES string of the molecule is CC(C)(C)[Si](C)(C)OCc1cc2ccccc2c(-c2c(O)c(CO[Si](C)(C)C(C)(C)C)cc3ccccc23)c1O. The summed E-state index contributed by atoms with van der Waals surface area (Å²) in [6.45, 7) is 22.8. The Labute approximate surface area is 242 Å². The lowest BCUT2D eigenvalue weighted by molar-refractivity contribution is 0.270. The minimum Gasteiger partial charge on any atom is -0.507 e. The molecule has 0 amide bonds. The van der Waals surface area contributed by atoms with E-state index in [2.05, 4.69) is 79.9 Å². The number of fused-ring (bicyclic) bond motifs is 2. The molecular weight excluding hydrogens is 529 g/mol. The minimum absolute atomic E-state index is 0.0508. The topological polar surface area (TPSA) is 58.9 Å². The molecule has 6 heteroatoms. The molecule has 0 radical (unpaired) electrons. The standard InChI is InChI=1S/C34H46O4Si2/c1-33(2,3)39(7,8)37-21-25-19-23-15-11-13-17-27(23)29(31(25)35)30-28-18-14-12-16-24(28)20-26(32(30)36)22-38-40(9,10)34(4,5)6/h11-20,35-36H,21-22H2,1-10H3. The van der Waals surface area contributed by atoms with E-state index in [4.69, 9.17) is 8.85 Å². The van der Waals surface area contributed by atoms with Gasteiger partial charge in [-0.15, -0.1) is 0 Å². The molecule has 214 valence electrons. The molecule has 0 heterocycles. The molecule has 4 aromatic rings. The van der Waals surface area contributed by atoms with Crippen molar-refractivity contribution in [2.24, 2.45) is 0 Å². The van der Waals surface area contributed by atoms with Gasteiger partial charge in [0.15, 0.2) is 16.6 Å². The lowest BCUT2D eigenvalue weighted by atomic mass is 9.89. The maximum absolute atomic E-state index is 11.9. The molecule has 4 aromatic carbocycles. The monoisotopic (exact) mass is 574 g/mol. The van der Waals surface area contributed by atoms with E-state index >= 15 is 0 Å². The van der Waals surface area contributed by atoms with Crippen LogP contribution in [0.25, 0.3) is 32.7 Å². The van der Waals surface area contributed by atoms with E-state index in [0.29, 0.717) is 24.3 Å². The Morgan fingerprint density at radius 2 is 0.900 bits per heavy atom. The van der Waals surface area contributed by atoms with Gasteiger partial charge in [0, 0.05) is 22.3 Å². The average Bonchev–Trinajstić information content (AvgIpc) is 2.86. The Hall–Kier alpha value is -2.65. The van der Waals surface area contributed by atoms with Gasteiger partial charge in [-0.1, -0.05) is 90.1 Å². The molecule has 0 aliphatic heterocycles. The summed E-state index contributed by atoms with van der Waals surface area (Å²) in [5.41, 5.74) is 2.72. The van der Waals surface area contributed by atoms with Crippen molar-refractivity contribution in [1.82, 2.24) is 0 Å². The summed E-state index contributed by atoms with van der Waals surface area (Å²) < 4.78 is 13.1. The van der Waals surface area contributed by atoms with Crippen molar-refractivity contribution in [3.05, 3.63) is 71.8 Å². The van der Waals surface area contributed by atoms with Gasteiger partial charge >= 0.3 is 0 Å². The van der Waals surface area contributed by atoms with Crippen LogP contribution in [0.15, 0.2) is 60.7 Å². The Balaban J connectivity index is 1.93. The second-order valence-corrected chi connectivity index (χ2v) is 23.7. The van der Waals surface area contributed by atoms with E-state index in [1.807, 2.05) is 48.5 Å². The van der Waals surface area contributed by atoms with Crippen LogP contribution in [0.5, 0.6) is 11.5 Å². The van der Waals surface area contributed by atoms with E-state index in [0.717, 1.165) is 32.7 Å². The third-order valence-corrected chi connectivity index (χ3v) is 18.2. The Morgan fingerprint density at radius 1 is 0.575 bits per heavy atom. The van der Waals surface area contributed by atoms with Gasteiger partial charge in [-0.2, -0.15) is 0 Å². The Bertz CT molecular complexity index is 1420. The highest BCUT2D eigenvalue weighted by Gasteiger charge is 2.38. The predicted molar refractivity (Wildman–Crippen MR) is 174 cm³/mol. The second kappa shape index (κ2) is 10.6. The van der Waals surface area contributed by atoms with Crippen LogP contribution in [-0.4, -0.2) is 26.8 Å². The second-order valence-electron chi connectivity index (χ2n) is 14.1. The van der Waals surface area contributed by atoms with Gasteiger partial charge in [-0.05, 0) is 69.9 Å². The van der Waals surface area contributed by atoms with Gasteiger partial charge in [0.2, 0.25) is 0 Å². The van der Waals surface area contributed by atoms with Gasteiger partial charge < -0.3 is 19.1 Å². The Morgan fingerprint density at radius 3 is 1.23 bits per heavy atom. The maximum Gasteiger partial charge on any atom is 0.192 e. The fourth-order valence-corrected chi connectivity index (χ4v) is 6.36. The Kier molecular flexibility index (Phi) is 8.06. The molecule has 0 saturated carbocycles. The number of phenols is 2. The average molecular weight is 575 g/mol. The number of rotatable bonds is 7. The molecule has 0 aliphatic rings. The third-order valence-electron chi connectivity index (χ3n) is 9.24. The molecule has 0 aliphatic carbocycles. The smallest absolute Gasteiger partial charge is 0.192 e. The minimum atomic E-state index is -2.06. The highest BCUT2D eigenvalue weighted by molar-refractivity contribution is 6.74. The van der Waals surface area contributed by atoms with Crippen molar-refractivity contribution in [2.45, 2.75) is 91.0 Å². The van der Waals surface area contributed by atoms with Crippen LogP contribution in [0.4, 0.5) is 0 Å². The van der Waals surface area contributed by atoms with Gasteiger partial charge in [0.05, 0.1) is 13.2 Å². The molecule has 4 rings (SSSR count). The first-order valence-electron chi connectivity index (χ1n) is 14.2. The summed E-state index contributed by atoms with van der Waals surface area (Å²) in [6, 6.07) is 20.1. The van der Waals surface area contributed by atoms with E-state index in [1.165, 1.54) is 0 Å². The number of benzene rings is 4. The van der Waals surface area contributed by atoms with Crippen molar-refractivity contribution in [3.63, 3.8) is 0 Å². The highest BCUT2D eigenvalue weighted by atomic mass is 28.4. The molecule has 0 atom stereocenters. The van der Waals surface area contributed by atoms with Crippen LogP contribution in [0.2, 0.25) is 36.3 Å². The number of hydrogen-bond acceptors (Lipinski definition) is 4. The van der Waals surface area contributed by atoms with E-state index in [9.17, 15) is 10.2 Å². The summed E-state index contributed by atoms with van der Waals surface area (Å²) in [5.74, 6) is 0.306. The van der Waals surface area contributed by atoms with Crippen molar-refractivity contribution < 1.29 is 19.1 Å². The lowest BCUT2D eigenvalue weighted by Crippen LogP contribution is -2.40. The summed E-state index contributed by atoms with van der Waals surface area (Å²) in [6.07, 6.45) is 0. The first-order chi connectivity index (χ1) is 18.4. The molecule has 40 heavy (non-hydrogen) atoms. The maximum atomic E-state index is 11.9. The van der Waals surface area contributed by atoms with Crippen LogP contribution in [0.1, 0.15) is 52.7 Å². The lowest BCUT2D eigenvalue weighted by Gasteiger charge is -2.36. The molecular formula is C34H46O4Si2. The van der Waals surface area contributed by atoms with Crippen molar-refractivity contribution in [2.75, 3.05) is 0 Å². The first-order valence-corrected chi connectivity index (χ1v) is 20.0. The summed E-state index contributed by atoms with van der Waals surface area (Å²) in [7, 11) is -4.11. The van der Waals surface area contributed by atoms with Crippen LogP contribution in [0, 0.1) is 0 Å². The first kappa shape index (κ1) is 30.3. The van der Waals surface area contributed by atoms with Gasteiger partial charge in [0.25, 0.3) is 0 Å². The van der Waals surface area contributed by atoms with Gasteiger partial charge in [-0.3, -0.25) is 0 Å². The zero-order valence-corrected chi connectivity index (χ0v) is 27.9. The number of aromatic hydroxyl groups is 2. The number of phenolic OH excluding ortho intramolecular Hbond substituents is 2. The normalized spacial score (nSPS) is 13.3. The van der Waals surface area contributed by atoms with E-state index in [-0.39, 0.29) is 21.6 Å². The van der Waals surface area contributed by atoms with Crippen LogP contribution in [-0.2, 0) is 22.1 Å². The van der Waals surface area contributed by atoms with Crippen molar-refractivity contribution in [1.29, 1.82) is 0 Å². The van der Waals surface area contributed by atoms with E-state index < -0.39 is 16.6 Å². The number of hydrogen-bond donors (Lipinski definition) is 2. The molecule has 0 bridgehead atoms. The fourth-order valence-electron chi connectivity index (χ4n) is 4.47. The molecule has 0 fully saturated rings. The van der Waals surface area contributed by atoms with E-state index in [1.54, 1.807) is 0 Å². The largest absolute Gasteiger partial charge is 0.507 e. The molecule has 2 N–H and O–H groups in total. The molecule has 4 nitrogen and oxygen atoms in total. The highest BCUT2D eigenvalue weighted by Crippen LogP contribution is 2.49. The fraction of sp³-hybridized carbons (Fsp3) is 0.412. The zero-order chi connectivity index (χ0) is 29.7. The molecule has 0 saturated heterocycles. The van der Waals surface area contributed by atoms with Gasteiger partial charge in [-0.25, -0.2) is 0 Å². The quantitative estimate of drug-likeness (QED) is 0.216. The van der Waals surface area contributed by atoms with Crippen LogP contribution >= 0.6 is 0 Å². The zero-order valence-electron chi connectivity index (χ0n) is 25.9. The third kappa shape index (κ3) is 5.73. The molecule has 0 spiro atoms. The molecule has 0 unspecified atom stereocenters. The predicted octanol–water partition coefficient (Wildman–Crippen LogP) is 10.1. The summed E-state index contributed by atoms with van der Waals surface area (Å²) in [5, 5.41) is 27.6. The molecule has 0 aromatic heterocycles. The summed E-state index contributed by atoms with van der Waals surface area (Å²) >= 11 is 0. The van der Waals surface area contributed by atoms with Crippen molar-refractivity contribution in [3.8, 4) is 22.6 Å². The van der Waals surface area contributed by atoms with Crippen molar-refractivity contribution >= 4 is 38.2 Å².